The molecule has 0 aliphatic rings. The van der Waals surface area contributed by atoms with E-state index >= 15 is 0 Å². The molecule has 0 atom stereocenters. The highest BCUT2D eigenvalue weighted by Crippen LogP contribution is 2.19. The zero-order chi connectivity index (χ0) is 14.0. The second-order valence-electron chi connectivity index (χ2n) is 4.98. The molecule has 2 N–H and O–H groups in total. The van der Waals surface area contributed by atoms with Crippen molar-refractivity contribution in [1.82, 2.24) is 0 Å². The number of methoxy groups -OCH3 is 1. The van der Waals surface area contributed by atoms with E-state index in [-0.39, 0.29) is 17.1 Å². The van der Waals surface area contributed by atoms with Crippen LogP contribution in [0.15, 0.2) is 18.2 Å². The summed E-state index contributed by atoms with van der Waals surface area (Å²) in [6.45, 7) is 3.24. The van der Waals surface area contributed by atoms with Crippen LogP contribution in [0.3, 0.4) is 0 Å². The average molecular weight is 275 g/mol. The van der Waals surface area contributed by atoms with Gasteiger partial charge < -0.3 is 10.5 Å². The lowest BCUT2D eigenvalue weighted by molar-refractivity contribution is 0.411. The van der Waals surface area contributed by atoms with Crippen molar-refractivity contribution in [3.05, 3.63) is 29.6 Å². The Kier molecular flexibility index (Phi) is 4.34. The minimum atomic E-state index is -3.44. The highest BCUT2D eigenvalue weighted by atomic mass is 32.2. The van der Waals surface area contributed by atoms with Crippen LogP contribution >= 0.6 is 0 Å². The van der Waals surface area contributed by atoms with Crippen molar-refractivity contribution in [2.75, 3.05) is 12.9 Å². The van der Waals surface area contributed by atoms with Gasteiger partial charge in [-0.2, -0.15) is 0 Å². The van der Waals surface area contributed by atoms with Crippen LogP contribution < -0.4 is 10.5 Å². The van der Waals surface area contributed by atoms with Gasteiger partial charge in [-0.3, -0.25) is 0 Å². The first-order valence-corrected chi connectivity index (χ1v) is 7.27. The molecule has 0 saturated carbocycles. The Morgan fingerprint density at radius 3 is 2.44 bits per heavy atom. The van der Waals surface area contributed by atoms with Gasteiger partial charge in [-0.15, -0.1) is 0 Å². The number of nitrogens with two attached hydrogens (primary N) is 1. The third-order valence-electron chi connectivity index (χ3n) is 2.23. The van der Waals surface area contributed by atoms with Crippen LogP contribution in [-0.4, -0.2) is 26.8 Å². The predicted molar refractivity (Wildman–Crippen MR) is 68.7 cm³/mol. The smallest absolute Gasteiger partial charge is 0.156 e. The highest BCUT2D eigenvalue weighted by Gasteiger charge is 2.23. The molecule has 0 amide bonds. The van der Waals surface area contributed by atoms with E-state index in [1.54, 1.807) is 13.8 Å². The van der Waals surface area contributed by atoms with Crippen molar-refractivity contribution >= 4 is 9.84 Å². The summed E-state index contributed by atoms with van der Waals surface area (Å²) in [5.41, 5.74) is 4.96. The number of hydrogen-bond donors (Lipinski definition) is 1. The maximum Gasteiger partial charge on any atom is 0.156 e. The van der Waals surface area contributed by atoms with Crippen LogP contribution in [0, 0.1) is 5.82 Å². The monoisotopic (exact) mass is 275 g/mol. The summed E-state index contributed by atoms with van der Waals surface area (Å²) in [4.78, 5) is 0. The van der Waals surface area contributed by atoms with Gasteiger partial charge in [0.25, 0.3) is 0 Å². The Labute approximate surface area is 107 Å². The number of rotatable bonds is 5. The summed E-state index contributed by atoms with van der Waals surface area (Å²) in [7, 11) is -2.02. The molecule has 0 bridgehead atoms. The lowest BCUT2D eigenvalue weighted by Gasteiger charge is -2.18. The molecular weight excluding hydrogens is 257 g/mol. The lowest BCUT2D eigenvalue weighted by Crippen LogP contribution is -2.40. The van der Waals surface area contributed by atoms with Gasteiger partial charge in [0.1, 0.15) is 11.6 Å². The fourth-order valence-corrected chi connectivity index (χ4v) is 3.57. The maximum absolute atomic E-state index is 13.6. The summed E-state index contributed by atoms with van der Waals surface area (Å²) in [5.74, 6) is -0.782. The van der Waals surface area contributed by atoms with E-state index in [0.29, 0.717) is 5.75 Å². The molecule has 0 unspecified atom stereocenters. The van der Waals surface area contributed by atoms with Gasteiger partial charge in [0, 0.05) is 17.2 Å². The molecule has 1 rings (SSSR count). The molecule has 1 aromatic rings. The molecule has 0 aliphatic heterocycles. The largest absolute Gasteiger partial charge is 0.497 e. The molecule has 6 heteroatoms. The van der Waals surface area contributed by atoms with E-state index in [1.165, 1.54) is 25.3 Å². The topological polar surface area (TPSA) is 69.4 Å². The molecular formula is C12H18FNO3S. The fourth-order valence-electron chi connectivity index (χ4n) is 1.63. The zero-order valence-electron chi connectivity index (χ0n) is 10.7. The van der Waals surface area contributed by atoms with Crippen LogP contribution in [0.4, 0.5) is 4.39 Å². The Balaban J connectivity index is 2.91. The molecule has 0 fully saturated rings. The number of sulfone groups is 1. The standard InChI is InChI=1S/C12H18FNO3S/c1-12(2,14)8-18(15,16)7-9-4-5-10(17-3)6-11(9)13/h4-6H,7-8,14H2,1-3H3. The highest BCUT2D eigenvalue weighted by molar-refractivity contribution is 7.90. The Bertz CT molecular complexity index is 521. The molecule has 0 radical (unpaired) electrons. The first-order chi connectivity index (χ1) is 8.13. The second-order valence-corrected chi connectivity index (χ2v) is 7.04. The zero-order valence-corrected chi connectivity index (χ0v) is 11.6. The van der Waals surface area contributed by atoms with Crippen molar-refractivity contribution in [2.45, 2.75) is 25.1 Å². The first-order valence-electron chi connectivity index (χ1n) is 5.45. The van der Waals surface area contributed by atoms with Gasteiger partial charge in [0.2, 0.25) is 0 Å². The molecule has 1 aromatic carbocycles. The summed E-state index contributed by atoms with van der Waals surface area (Å²) >= 11 is 0. The molecule has 0 aliphatic carbocycles. The Hall–Kier alpha value is -1.14. The average Bonchev–Trinajstić information content (AvgIpc) is 2.17. The van der Waals surface area contributed by atoms with Crippen LogP contribution in [0.25, 0.3) is 0 Å². The Morgan fingerprint density at radius 2 is 2.00 bits per heavy atom. The molecule has 0 heterocycles. The van der Waals surface area contributed by atoms with Crippen LogP contribution in [0.5, 0.6) is 5.75 Å². The fraction of sp³-hybridized carbons (Fsp3) is 0.500. The van der Waals surface area contributed by atoms with E-state index in [4.69, 9.17) is 10.5 Å². The molecule has 102 valence electrons. The lowest BCUT2D eigenvalue weighted by atomic mass is 10.1. The van der Waals surface area contributed by atoms with Crippen molar-refractivity contribution in [2.24, 2.45) is 5.73 Å². The third kappa shape index (κ3) is 4.62. The third-order valence-corrected chi connectivity index (χ3v) is 4.16. The molecule has 0 spiro atoms. The van der Waals surface area contributed by atoms with Gasteiger partial charge in [-0.1, -0.05) is 6.07 Å². The predicted octanol–water partition coefficient (Wildman–Crippen LogP) is 1.49. The SMILES string of the molecule is COc1ccc(CS(=O)(=O)CC(C)(C)N)c(F)c1. The van der Waals surface area contributed by atoms with E-state index in [1.807, 2.05) is 0 Å². The van der Waals surface area contributed by atoms with Crippen molar-refractivity contribution in [3.8, 4) is 5.75 Å². The normalized spacial score (nSPS) is 12.5. The number of ether oxygens (including phenoxy) is 1. The van der Waals surface area contributed by atoms with Gasteiger partial charge in [-0.25, -0.2) is 12.8 Å². The maximum atomic E-state index is 13.6. The van der Waals surface area contributed by atoms with Gasteiger partial charge in [0.15, 0.2) is 9.84 Å². The molecule has 18 heavy (non-hydrogen) atoms. The van der Waals surface area contributed by atoms with Crippen LogP contribution in [-0.2, 0) is 15.6 Å². The van der Waals surface area contributed by atoms with Crippen molar-refractivity contribution in [1.29, 1.82) is 0 Å². The van der Waals surface area contributed by atoms with Gasteiger partial charge >= 0.3 is 0 Å². The summed E-state index contributed by atoms with van der Waals surface area (Å²) in [6, 6.07) is 4.11. The van der Waals surface area contributed by atoms with Crippen molar-refractivity contribution < 1.29 is 17.5 Å². The Morgan fingerprint density at radius 1 is 1.39 bits per heavy atom. The van der Waals surface area contributed by atoms with Crippen LogP contribution in [0.2, 0.25) is 0 Å². The molecule has 4 nitrogen and oxygen atoms in total. The molecule has 0 aromatic heterocycles. The quantitative estimate of drug-likeness (QED) is 0.884. The minimum Gasteiger partial charge on any atom is -0.497 e. The van der Waals surface area contributed by atoms with Gasteiger partial charge in [0.05, 0.1) is 18.6 Å². The van der Waals surface area contributed by atoms with E-state index in [2.05, 4.69) is 0 Å². The van der Waals surface area contributed by atoms with E-state index in [9.17, 15) is 12.8 Å². The number of halogens is 1. The summed E-state index contributed by atoms with van der Waals surface area (Å²) in [5, 5.41) is 0. The van der Waals surface area contributed by atoms with Gasteiger partial charge in [-0.05, 0) is 19.9 Å². The number of hydrogen-bond acceptors (Lipinski definition) is 4. The summed E-state index contributed by atoms with van der Waals surface area (Å²) < 4.78 is 42.2. The summed E-state index contributed by atoms with van der Waals surface area (Å²) in [6.07, 6.45) is 0. The molecule has 0 saturated heterocycles. The van der Waals surface area contributed by atoms with E-state index < -0.39 is 21.2 Å². The first kappa shape index (κ1) is 14.9. The van der Waals surface area contributed by atoms with Crippen molar-refractivity contribution in [3.63, 3.8) is 0 Å². The second kappa shape index (κ2) is 5.24. The number of benzene rings is 1. The van der Waals surface area contributed by atoms with E-state index in [0.717, 1.165) is 0 Å². The minimum absolute atomic E-state index is 0.125. The van der Waals surface area contributed by atoms with Crippen LogP contribution in [0.1, 0.15) is 19.4 Å².